The summed E-state index contributed by atoms with van der Waals surface area (Å²) >= 11 is 1.48. The lowest BCUT2D eigenvalue weighted by molar-refractivity contribution is 0.251. The third-order valence-corrected chi connectivity index (χ3v) is 3.58. The zero-order valence-corrected chi connectivity index (χ0v) is 11.4. The molecule has 0 aliphatic heterocycles. The smallest absolute Gasteiger partial charge is 0.320 e. The first-order chi connectivity index (χ1) is 9.83. The van der Waals surface area contributed by atoms with E-state index in [-0.39, 0.29) is 6.03 Å². The van der Waals surface area contributed by atoms with Crippen molar-refractivity contribution in [1.82, 2.24) is 9.88 Å². The number of nitrogens with zero attached hydrogens (tertiary/aromatic N) is 1. The summed E-state index contributed by atoms with van der Waals surface area (Å²) in [5.41, 5.74) is 0.952. The van der Waals surface area contributed by atoms with Crippen LogP contribution < -0.4 is 10.6 Å². The summed E-state index contributed by atoms with van der Waals surface area (Å²) in [5, 5.41) is 8.34. The van der Waals surface area contributed by atoms with E-state index >= 15 is 0 Å². The summed E-state index contributed by atoms with van der Waals surface area (Å²) in [4.78, 5) is 11.9. The van der Waals surface area contributed by atoms with Crippen LogP contribution in [0.15, 0.2) is 58.8 Å². The van der Waals surface area contributed by atoms with Gasteiger partial charge in [0.05, 0.1) is 18.5 Å². The van der Waals surface area contributed by atoms with Crippen molar-refractivity contribution in [3.8, 4) is 5.69 Å². The first-order valence-corrected chi connectivity index (χ1v) is 6.99. The molecular formula is C14H13N3O2S. The van der Waals surface area contributed by atoms with Gasteiger partial charge in [-0.05, 0) is 35.7 Å². The van der Waals surface area contributed by atoms with E-state index in [1.165, 1.54) is 11.3 Å². The first-order valence-electron chi connectivity index (χ1n) is 6.11. The van der Waals surface area contributed by atoms with Gasteiger partial charge in [-0.1, -0.05) is 0 Å². The summed E-state index contributed by atoms with van der Waals surface area (Å²) < 4.78 is 7.11. The Morgan fingerprint density at radius 1 is 1.25 bits per heavy atom. The van der Waals surface area contributed by atoms with Gasteiger partial charge in [0.15, 0.2) is 0 Å². The van der Waals surface area contributed by atoms with Crippen LogP contribution in [-0.4, -0.2) is 10.6 Å². The molecule has 0 bridgehead atoms. The maximum atomic E-state index is 11.9. The molecule has 0 atom stereocenters. The zero-order valence-electron chi connectivity index (χ0n) is 10.6. The number of thiophene rings is 1. The molecule has 5 nitrogen and oxygen atoms in total. The van der Waals surface area contributed by atoms with Crippen molar-refractivity contribution < 1.29 is 9.21 Å². The van der Waals surface area contributed by atoms with E-state index in [9.17, 15) is 4.79 Å². The monoisotopic (exact) mass is 287 g/mol. The molecule has 0 radical (unpaired) electrons. The summed E-state index contributed by atoms with van der Waals surface area (Å²) in [6, 6.07) is 9.20. The number of hydrogen-bond acceptors (Lipinski definition) is 3. The molecule has 0 aliphatic rings. The lowest BCUT2D eigenvalue weighted by Gasteiger charge is -2.08. The van der Waals surface area contributed by atoms with Crippen LogP contribution in [0.1, 0.15) is 5.76 Å². The first kappa shape index (κ1) is 12.6. The van der Waals surface area contributed by atoms with Crippen molar-refractivity contribution in [1.29, 1.82) is 0 Å². The van der Waals surface area contributed by atoms with Crippen LogP contribution in [0.3, 0.4) is 0 Å². The second-order valence-corrected chi connectivity index (χ2v) is 5.03. The molecular weight excluding hydrogens is 274 g/mol. The van der Waals surface area contributed by atoms with Crippen LogP contribution >= 0.6 is 11.3 Å². The summed E-state index contributed by atoms with van der Waals surface area (Å²) in [5.74, 6) is 0.719. The third-order valence-electron chi connectivity index (χ3n) is 2.76. The maximum Gasteiger partial charge on any atom is 0.320 e. The molecule has 3 rings (SSSR count). The van der Waals surface area contributed by atoms with Gasteiger partial charge < -0.3 is 14.3 Å². The lowest BCUT2D eigenvalue weighted by atomic mass is 10.4. The minimum absolute atomic E-state index is 0.253. The normalized spacial score (nSPS) is 10.4. The van der Waals surface area contributed by atoms with Crippen molar-refractivity contribution in [3.05, 3.63) is 60.1 Å². The highest BCUT2D eigenvalue weighted by Crippen LogP contribution is 2.26. The molecule has 0 aromatic carbocycles. The number of furan rings is 1. The molecule has 0 spiro atoms. The van der Waals surface area contributed by atoms with Gasteiger partial charge in [0, 0.05) is 12.4 Å². The average molecular weight is 287 g/mol. The molecule has 0 saturated carbocycles. The fraction of sp³-hybridized carbons (Fsp3) is 0.0714. The van der Waals surface area contributed by atoms with Crippen molar-refractivity contribution in [2.24, 2.45) is 0 Å². The molecule has 3 heterocycles. The molecule has 0 unspecified atom stereocenters. The molecule has 20 heavy (non-hydrogen) atoms. The standard InChI is InChI=1S/C14H13N3O2S/c18-14(15-10-11-4-3-8-19-11)16-13-12(5-9-20-13)17-6-1-2-7-17/h1-9H,10H2,(H2,15,16,18). The highest BCUT2D eigenvalue weighted by molar-refractivity contribution is 7.14. The number of anilines is 1. The Kier molecular flexibility index (Phi) is 3.56. The quantitative estimate of drug-likeness (QED) is 0.772. The van der Waals surface area contributed by atoms with E-state index in [2.05, 4.69) is 10.6 Å². The van der Waals surface area contributed by atoms with Gasteiger partial charge in [0.25, 0.3) is 0 Å². The fourth-order valence-corrected chi connectivity index (χ4v) is 2.60. The maximum absolute atomic E-state index is 11.9. The minimum Gasteiger partial charge on any atom is -0.467 e. The average Bonchev–Trinajstić information content (AvgIpc) is 3.18. The van der Waals surface area contributed by atoms with Gasteiger partial charge in [0.1, 0.15) is 10.8 Å². The van der Waals surface area contributed by atoms with Gasteiger partial charge in [0.2, 0.25) is 0 Å². The van der Waals surface area contributed by atoms with Gasteiger partial charge in [-0.15, -0.1) is 11.3 Å². The van der Waals surface area contributed by atoms with E-state index in [1.807, 2.05) is 46.6 Å². The number of amides is 2. The van der Waals surface area contributed by atoms with Crippen LogP contribution in [0.2, 0.25) is 0 Å². The number of carbonyl (C=O) groups excluding carboxylic acids is 1. The van der Waals surface area contributed by atoms with Crippen LogP contribution in [0, 0.1) is 0 Å². The van der Waals surface area contributed by atoms with Crippen LogP contribution in [0.25, 0.3) is 5.69 Å². The van der Waals surface area contributed by atoms with Gasteiger partial charge in [-0.2, -0.15) is 0 Å². The predicted octanol–water partition coefficient (Wildman–Crippen LogP) is 3.45. The Labute approximate surface area is 119 Å². The lowest BCUT2D eigenvalue weighted by Crippen LogP contribution is -2.28. The second-order valence-electron chi connectivity index (χ2n) is 4.11. The molecule has 0 aliphatic carbocycles. The largest absolute Gasteiger partial charge is 0.467 e. The molecule has 3 aromatic heterocycles. The van der Waals surface area contributed by atoms with Crippen molar-refractivity contribution in [2.75, 3.05) is 5.32 Å². The second kappa shape index (κ2) is 5.66. The SMILES string of the molecule is O=C(NCc1ccco1)Nc1sccc1-n1cccc1. The number of rotatable bonds is 4. The molecule has 2 amide bonds. The van der Waals surface area contributed by atoms with E-state index < -0.39 is 0 Å². The molecule has 3 aromatic rings. The molecule has 2 N–H and O–H groups in total. The van der Waals surface area contributed by atoms with Crippen LogP contribution in [0.5, 0.6) is 0 Å². The number of hydrogen-bond donors (Lipinski definition) is 2. The van der Waals surface area contributed by atoms with Crippen molar-refractivity contribution in [2.45, 2.75) is 6.54 Å². The number of urea groups is 1. The molecule has 0 saturated heterocycles. The summed E-state index contributed by atoms with van der Waals surface area (Å²) in [7, 11) is 0. The van der Waals surface area contributed by atoms with Crippen molar-refractivity contribution in [3.63, 3.8) is 0 Å². The van der Waals surface area contributed by atoms with E-state index in [1.54, 1.807) is 12.3 Å². The van der Waals surface area contributed by atoms with Crippen LogP contribution in [0.4, 0.5) is 9.80 Å². The van der Waals surface area contributed by atoms with Gasteiger partial charge >= 0.3 is 6.03 Å². The number of aromatic nitrogens is 1. The van der Waals surface area contributed by atoms with E-state index in [0.717, 1.165) is 16.4 Å². The third kappa shape index (κ3) is 2.75. The predicted molar refractivity (Wildman–Crippen MR) is 78.2 cm³/mol. The number of nitrogens with one attached hydrogen (secondary N) is 2. The topological polar surface area (TPSA) is 59.2 Å². The van der Waals surface area contributed by atoms with Gasteiger partial charge in [-0.25, -0.2) is 4.79 Å². The molecule has 102 valence electrons. The number of carbonyl (C=O) groups is 1. The molecule has 6 heteroatoms. The Morgan fingerprint density at radius 2 is 2.10 bits per heavy atom. The Bertz CT molecular complexity index is 671. The highest BCUT2D eigenvalue weighted by atomic mass is 32.1. The zero-order chi connectivity index (χ0) is 13.8. The highest BCUT2D eigenvalue weighted by Gasteiger charge is 2.09. The Hall–Kier alpha value is -2.47. The molecule has 0 fully saturated rings. The summed E-state index contributed by atoms with van der Waals surface area (Å²) in [6.07, 6.45) is 5.46. The Balaban J connectivity index is 1.63. The van der Waals surface area contributed by atoms with Crippen molar-refractivity contribution >= 4 is 22.4 Å². The van der Waals surface area contributed by atoms with Gasteiger partial charge in [-0.3, -0.25) is 5.32 Å². The Morgan fingerprint density at radius 3 is 2.85 bits per heavy atom. The van der Waals surface area contributed by atoms with Crippen LogP contribution in [-0.2, 0) is 6.54 Å². The van der Waals surface area contributed by atoms with E-state index in [4.69, 9.17) is 4.42 Å². The summed E-state index contributed by atoms with van der Waals surface area (Å²) in [6.45, 7) is 0.364. The van der Waals surface area contributed by atoms with E-state index in [0.29, 0.717) is 6.54 Å². The fourth-order valence-electron chi connectivity index (χ4n) is 1.82. The minimum atomic E-state index is -0.253.